The van der Waals surface area contributed by atoms with E-state index in [9.17, 15) is 4.79 Å². The second kappa shape index (κ2) is 3.52. The number of fused-ring (bicyclic) bond motifs is 1. The van der Waals surface area contributed by atoms with Gasteiger partial charge in [-0.25, -0.2) is 10.4 Å². The third-order valence-corrected chi connectivity index (χ3v) is 2.13. The smallest absolute Gasteiger partial charge is 0.283 e. The molecule has 1 unspecified atom stereocenters. The first kappa shape index (κ1) is 9.38. The molecule has 1 atom stereocenters. The molecule has 14 heavy (non-hydrogen) atoms. The number of pyridine rings is 1. The average molecular weight is 259 g/mol. The molecule has 0 aromatic carbocycles. The molecule has 1 aromatic rings. The Labute approximate surface area is 87.9 Å². The Balaban J connectivity index is 2.36. The summed E-state index contributed by atoms with van der Waals surface area (Å²) in [4.78, 5) is 15.2. The lowest BCUT2D eigenvalue weighted by Gasteiger charge is -2.23. The number of hydrogen-bond acceptors (Lipinski definition) is 5. The molecule has 0 bridgehead atoms. The van der Waals surface area contributed by atoms with Gasteiger partial charge in [-0.3, -0.25) is 10.6 Å². The first-order valence-electron chi connectivity index (χ1n) is 3.80. The molecule has 0 fully saturated rings. The molecule has 1 aliphatic rings. The van der Waals surface area contributed by atoms with E-state index in [2.05, 4.69) is 31.7 Å². The van der Waals surface area contributed by atoms with Gasteiger partial charge in [-0.2, -0.15) is 0 Å². The number of carbonyl (C=O) groups excluding carboxylic acids is 1. The van der Waals surface area contributed by atoms with E-state index < -0.39 is 6.23 Å². The van der Waals surface area contributed by atoms with E-state index in [1.54, 1.807) is 12.3 Å². The van der Waals surface area contributed by atoms with E-state index in [4.69, 9.17) is 10.6 Å². The van der Waals surface area contributed by atoms with Crippen LogP contribution in [-0.4, -0.2) is 17.1 Å². The van der Waals surface area contributed by atoms with Crippen molar-refractivity contribution in [1.82, 2.24) is 10.4 Å². The number of hydrazine groups is 1. The fourth-order valence-electron chi connectivity index (χ4n) is 1.08. The number of aromatic nitrogens is 1. The number of hydrogen-bond donors (Lipinski definition) is 3. The van der Waals surface area contributed by atoms with Crippen molar-refractivity contribution in [3.05, 3.63) is 16.7 Å². The van der Waals surface area contributed by atoms with E-state index in [1.165, 1.54) is 0 Å². The van der Waals surface area contributed by atoms with Crippen molar-refractivity contribution < 1.29 is 9.53 Å². The van der Waals surface area contributed by atoms with Crippen LogP contribution in [0.25, 0.3) is 0 Å². The van der Waals surface area contributed by atoms with Crippen molar-refractivity contribution in [1.29, 1.82) is 0 Å². The molecule has 74 valence electrons. The van der Waals surface area contributed by atoms with Crippen LogP contribution >= 0.6 is 15.9 Å². The fourth-order valence-corrected chi connectivity index (χ4v) is 1.39. The van der Waals surface area contributed by atoms with Crippen molar-refractivity contribution in [2.24, 2.45) is 5.84 Å². The van der Waals surface area contributed by atoms with Gasteiger partial charge in [-0.1, -0.05) is 0 Å². The Morgan fingerprint density at radius 2 is 2.50 bits per heavy atom. The maximum atomic E-state index is 11.2. The summed E-state index contributed by atoms with van der Waals surface area (Å²) in [5.74, 6) is 5.62. The van der Waals surface area contributed by atoms with Gasteiger partial charge in [-0.05, 0) is 22.0 Å². The van der Waals surface area contributed by atoms with E-state index in [0.29, 0.717) is 11.6 Å². The number of halogens is 1. The van der Waals surface area contributed by atoms with Crippen LogP contribution in [0.5, 0.6) is 5.75 Å². The Morgan fingerprint density at radius 1 is 1.71 bits per heavy atom. The highest BCUT2D eigenvalue weighted by molar-refractivity contribution is 9.10. The number of anilines is 1. The Kier molecular flexibility index (Phi) is 2.36. The summed E-state index contributed by atoms with van der Waals surface area (Å²) in [6.45, 7) is 0. The van der Waals surface area contributed by atoms with Gasteiger partial charge in [0.25, 0.3) is 5.91 Å². The van der Waals surface area contributed by atoms with Crippen LogP contribution in [0.15, 0.2) is 16.7 Å². The minimum Gasteiger partial charge on any atom is -0.461 e. The quantitative estimate of drug-likeness (QED) is 0.486. The van der Waals surface area contributed by atoms with Crippen LogP contribution in [0.4, 0.5) is 5.82 Å². The van der Waals surface area contributed by atoms with E-state index in [1.807, 2.05) is 0 Å². The van der Waals surface area contributed by atoms with Gasteiger partial charge in [0.1, 0.15) is 0 Å². The minimum absolute atomic E-state index is 0.366. The van der Waals surface area contributed by atoms with Crippen molar-refractivity contribution in [2.75, 3.05) is 5.32 Å². The van der Waals surface area contributed by atoms with Gasteiger partial charge < -0.3 is 10.1 Å². The average Bonchev–Trinajstić information content (AvgIpc) is 2.17. The predicted octanol–water partition coefficient (Wildman–Crippen LogP) is -0.0356. The topological polar surface area (TPSA) is 89.3 Å². The molecule has 1 aliphatic heterocycles. The summed E-state index contributed by atoms with van der Waals surface area (Å²) in [5, 5.41) is 2.55. The molecule has 4 N–H and O–H groups in total. The van der Waals surface area contributed by atoms with Crippen LogP contribution in [0.3, 0.4) is 0 Å². The summed E-state index contributed by atoms with van der Waals surface area (Å²) >= 11 is 3.24. The monoisotopic (exact) mass is 258 g/mol. The number of rotatable bonds is 1. The number of nitrogens with zero attached hydrogens (tertiary/aromatic N) is 1. The molecule has 0 aliphatic carbocycles. The first-order valence-corrected chi connectivity index (χ1v) is 4.59. The van der Waals surface area contributed by atoms with E-state index in [-0.39, 0.29) is 5.91 Å². The highest BCUT2D eigenvalue weighted by Gasteiger charge is 2.27. The Morgan fingerprint density at radius 3 is 3.21 bits per heavy atom. The zero-order valence-electron chi connectivity index (χ0n) is 6.95. The molecule has 1 aromatic heterocycles. The standard InChI is InChI=1S/C7H7BrN4O2/c8-3-1-4-5(10-2-3)11-6(13)7(12-9)14-4/h1-2,7,12H,9H2,(H,10,11,13). The van der Waals surface area contributed by atoms with Crippen molar-refractivity contribution in [3.8, 4) is 5.75 Å². The number of nitrogens with two attached hydrogens (primary N) is 1. The lowest BCUT2D eigenvalue weighted by molar-refractivity contribution is -0.125. The van der Waals surface area contributed by atoms with Crippen molar-refractivity contribution >= 4 is 27.7 Å². The number of ether oxygens (including phenoxy) is 1. The van der Waals surface area contributed by atoms with E-state index in [0.717, 1.165) is 4.47 Å². The lowest BCUT2D eigenvalue weighted by atomic mass is 10.3. The predicted molar refractivity (Wildman–Crippen MR) is 52.3 cm³/mol. The molecule has 0 spiro atoms. The number of nitrogens with one attached hydrogen (secondary N) is 2. The summed E-state index contributed by atoms with van der Waals surface area (Å²) in [7, 11) is 0. The van der Waals surface area contributed by atoms with Gasteiger partial charge in [0.2, 0.25) is 6.23 Å². The van der Waals surface area contributed by atoms with Crippen molar-refractivity contribution in [2.45, 2.75) is 6.23 Å². The lowest BCUT2D eigenvalue weighted by Crippen LogP contribution is -2.50. The van der Waals surface area contributed by atoms with Crippen LogP contribution in [0, 0.1) is 0 Å². The maximum Gasteiger partial charge on any atom is 0.283 e. The number of amides is 1. The van der Waals surface area contributed by atoms with Gasteiger partial charge in [-0.15, -0.1) is 0 Å². The fraction of sp³-hybridized carbons (Fsp3) is 0.143. The Hall–Kier alpha value is -1.18. The molecule has 1 amide bonds. The summed E-state index contributed by atoms with van der Waals surface area (Å²) in [6, 6.07) is 1.70. The molecular weight excluding hydrogens is 252 g/mol. The molecule has 0 saturated heterocycles. The van der Waals surface area contributed by atoms with Gasteiger partial charge in [0.05, 0.1) is 0 Å². The van der Waals surface area contributed by atoms with Crippen molar-refractivity contribution in [3.63, 3.8) is 0 Å². The molecule has 0 saturated carbocycles. The molecular formula is C7H7BrN4O2. The highest BCUT2D eigenvalue weighted by atomic mass is 79.9. The molecule has 7 heteroatoms. The van der Waals surface area contributed by atoms with Crippen LogP contribution < -0.4 is 21.3 Å². The van der Waals surface area contributed by atoms with Gasteiger partial charge in [0.15, 0.2) is 11.6 Å². The van der Waals surface area contributed by atoms with E-state index >= 15 is 0 Å². The SMILES string of the molecule is NNC1Oc2cc(Br)cnc2NC1=O. The molecule has 2 rings (SSSR count). The summed E-state index contributed by atoms with van der Waals surface area (Å²) in [6.07, 6.45) is 0.692. The van der Waals surface area contributed by atoms with Crippen LogP contribution in [0.2, 0.25) is 0 Å². The minimum atomic E-state index is -0.876. The molecule has 6 nitrogen and oxygen atoms in total. The first-order chi connectivity index (χ1) is 6.70. The molecule has 2 heterocycles. The largest absolute Gasteiger partial charge is 0.461 e. The third kappa shape index (κ3) is 1.57. The Bertz CT molecular complexity index is 384. The highest BCUT2D eigenvalue weighted by Crippen LogP contribution is 2.29. The second-order valence-corrected chi connectivity index (χ2v) is 3.57. The number of carbonyl (C=O) groups is 1. The normalized spacial score (nSPS) is 19.6. The summed E-state index contributed by atoms with van der Waals surface area (Å²) < 4.78 is 6.00. The van der Waals surface area contributed by atoms with Crippen LogP contribution in [0.1, 0.15) is 0 Å². The summed E-state index contributed by atoms with van der Waals surface area (Å²) in [5.41, 5.74) is 2.24. The van der Waals surface area contributed by atoms with Gasteiger partial charge >= 0.3 is 0 Å². The third-order valence-electron chi connectivity index (χ3n) is 1.70. The zero-order valence-corrected chi connectivity index (χ0v) is 8.54. The van der Waals surface area contributed by atoms with Gasteiger partial charge in [0, 0.05) is 10.7 Å². The second-order valence-electron chi connectivity index (χ2n) is 2.65. The van der Waals surface area contributed by atoms with Crippen LogP contribution in [-0.2, 0) is 4.79 Å². The zero-order chi connectivity index (χ0) is 10.1. The molecule has 0 radical (unpaired) electrons. The maximum absolute atomic E-state index is 11.2.